The van der Waals surface area contributed by atoms with Gasteiger partial charge in [0, 0.05) is 23.5 Å². The fourth-order valence-electron chi connectivity index (χ4n) is 3.24. The van der Waals surface area contributed by atoms with E-state index in [-0.39, 0.29) is 16.5 Å². The Morgan fingerprint density at radius 3 is 2.02 bits per heavy atom. The van der Waals surface area contributed by atoms with Gasteiger partial charge < -0.3 is 15.8 Å². The van der Waals surface area contributed by atoms with Crippen LogP contribution in [-0.2, 0) is 6.18 Å². The van der Waals surface area contributed by atoms with Crippen LogP contribution in [0.3, 0.4) is 0 Å². The van der Waals surface area contributed by atoms with Crippen LogP contribution in [0.25, 0.3) is 0 Å². The van der Waals surface area contributed by atoms with Crippen molar-refractivity contribution in [1.82, 2.24) is 15.6 Å². The molecule has 45 heavy (non-hydrogen) atoms. The molecule has 0 spiro atoms. The number of nitrogens with one attached hydrogen (secondary N) is 3. The van der Waals surface area contributed by atoms with Crippen molar-refractivity contribution in [2.24, 2.45) is 5.73 Å². The van der Waals surface area contributed by atoms with Crippen LogP contribution in [0.15, 0.2) is 79.0 Å². The van der Waals surface area contributed by atoms with Gasteiger partial charge >= 0.3 is 18.2 Å². The molecule has 0 unspecified atom stereocenters. The van der Waals surface area contributed by atoms with Gasteiger partial charge in [0.1, 0.15) is 28.0 Å². The Morgan fingerprint density at radius 2 is 1.44 bits per heavy atom. The number of primary amides is 1. The highest BCUT2D eigenvalue weighted by atomic mass is 35.5. The van der Waals surface area contributed by atoms with Crippen molar-refractivity contribution < 1.29 is 45.9 Å². The molecule has 0 bridgehead atoms. The molecule has 0 aliphatic heterocycles. The van der Waals surface area contributed by atoms with E-state index in [9.17, 15) is 41.1 Å². The van der Waals surface area contributed by atoms with Gasteiger partial charge in [-0.1, -0.05) is 47.5 Å². The minimum absolute atomic E-state index is 0.0109. The molecule has 0 aliphatic rings. The maximum Gasteiger partial charge on any atom is 0.417 e. The summed E-state index contributed by atoms with van der Waals surface area (Å²) in [7, 11) is 0. The molecule has 1 aromatic heterocycles. The first-order chi connectivity index (χ1) is 21.1. The molecule has 0 aliphatic carbocycles. The summed E-state index contributed by atoms with van der Waals surface area (Å²) < 4.78 is 70.9. The summed E-state index contributed by atoms with van der Waals surface area (Å²) in [4.78, 5) is 48.9. The van der Waals surface area contributed by atoms with Gasteiger partial charge in [0.15, 0.2) is 0 Å². The van der Waals surface area contributed by atoms with Gasteiger partial charge in [-0.15, -0.1) is 0 Å². The van der Waals surface area contributed by atoms with Crippen molar-refractivity contribution >= 4 is 52.8 Å². The highest BCUT2D eigenvalue weighted by Crippen LogP contribution is 2.37. The Balaban J connectivity index is 0.000000385. The van der Waals surface area contributed by atoms with E-state index < -0.39 is 63.7 Å². The third-order valence-corrected chi connectivity index (χ3v) is 5.80. The molecule has 234 valence electrons. The van der Waals surface area contributed by atoms with Crippen LogP contribution >= 0.6 is 23.2 Å². The first-order valence-electron chi connectivity index (χ1n) is 12.1. The standard InChI is InChI=1S/C20H10Cl2F5N3O3.C8H8N2O2/c21-11-5-4-10(29-19(32)30-17(31)16-13(23)2-1-3-14(16)24)7-15(11)33-18-12(22)6-9(8-28-18)20(25,26)27;9-8(12)10-7(11)6-4-2-1-3-5-6/h1-8H,(H2,29,30,31,32);1-5H,(H3,9,10,11,12). The highest BCUT2D eigenvalue weighted by Gasteiger charge is 2.32. The van der Waals surface area contributed by atoms with Crippen LogP contribution < -0.4 is 26.4 Å². The number of alkyl halides is 3. The molecule has 1 heterocycles. The number of ether oxygens (including phenoxy) is 1. The lowest BCUT2D eigenvalue weighted by atomic mass is 10.2. The van der Waals surface area contributed by atoms with Crippen molar-refractivity contribution in [3.05, 3.63) is 117 Å². The molecular weight excluding hydrogens is 652 g/mol. The predicted molar refractivity (Wildman–Crippen MR) is 152 cm³/mol. The van der Waals surface area contributed by atoms with E-state index in [2.05, 4.69) is 10.3 Å². The summed E-state index contributed by atoms with van der Waals surface area (Å²) >= 11 is 11.8. The van der Waals surface area contributed by atoms with Crippen LogP contribution in [0.4, 0.5) is 37.2 Å². The van der Waals surface area contributed by atoms with Crippen LogP contribution in [0.1, 0.15) is 26.3 Å². The van der Waals surface area contributed by atoms with Crippen molar-refractivity contribution in [3.63, 3.8) is 0 Å². The SMILES string of the molecule is NC(=O)NC(=O)c1ccccc1.O=C(NC(=O)c1c(F)cccc1F)Nc1ccc(Cl)c(Oc2ncc(C(F)(F)F)cc2Cl)c1. The third kappa shape index (κ3) is 9.87. The number of hydrogen-bond acceptors (Lipinski definition) is 6. The number of nitrogens with zero attached hydrogens (tertiary/aromatic N) is 1. The lowest BCUT2D eigenvalue weighted by Crippen LogP contribution is -2.35. The minimum atomic E-state index is -4.66. The largest absolute Gasteiger partial charge is 0.436 e. The molecule has 17 heteroatoms. The second-order valence-electron chi connectivity index (χ2n) is 8.45. The Hall–Kier alpha value is -5.28. The number of urea groups is 2. The number of pyridine rings is 1. The number of rotatable bonds is 5. The number of nitrogens with two attached hydrogens (primary N) is 1. The van der Waals surface area contributed by atoms with E-state index in [4.69, 9.17) is 33.7 Å². The smallest absolute Gasteiger partial charge is 0.417 e. The maximum atomic E-state index is 13.7. The average molecular weight is 670 g/mol. The van der Waals surface area contributed by atoms with Crippen LogP contribution in [0.2, 0.25) is 10.0 Å². The van der Waals surface area contributed by atoms with Gasteiger partial charge in [-0.05, 0) is 42.5 Å². The van der Waals surface area contributed by atoms with Gasteiger partial charge in [0.25, 0.3) is 11.8 Å². The van der Waals surface area contributed by atoms with Gasteiger partial charge in [-0.2, -0.15) is 13.2 Å². The lowest BCUT2D eigenvalue weighted by Gasteiger charge is -2.12. The summed E-state index contributed by atoms with van der Waals surface area (Å²) in [6.07, 6.45) is -4.15. The number of hydrogen-bond donors (Lipinski definition) is 4. The molecule has 0 atom stereocenters. The number of amides is 6. The van der Waals surface area contributed by atoms with Gasteiger partial charge in [0.05, 0.1) is 10.6 Å². The lowest BCUT2D eigenvalue weighted by molar-refractivity contribution is -0.137. The average Bonchev–Trinajstić information content (AvgIpc) is 2.95. The quantitative estimate of drug-likeness (QED) is 0.169. The van der Waals surface area contributed by atoms with Crippen molar-refractivity contribution in [2.45, 2.75) is 6.18 Å². The fraction of sp³-hybridized carbons (Fsp3) is 0.0357. The first-order valence-corrected chi connectivity index (χ1v) is 12.8. The number of imide groups is 2. The zero-order valence-electron chi connectivity index (χ0n) is 22.2. The minimum Gasteiger partial charge on any atom is -0.436 e. The van der Waals surface area contributed by atoms with Gasteiger partial charge in [-0.25, -0.2) is 23.4 Å². The van der Waals surface area contributed by atoms with Crippen LogP contribution in [0.5, 0.6) is 11.6 Å². The second kappa shape index (κ2) is 14.9. The molecule has 0 saturated carbocycles. The second-order valence-corrected chi connectivity index (χ2v) is 9.26. The number of anilines is 1. The topological polar surface area (TPSA) is 153 Å². The van der Waals surface area contributed by atoms with E-state index in [0.717, 1.165) is 24.3 Å². The Bertz CT molecular complexity index is 1720. The number of benzene rings is 3. The number of carbonyl (C=O) groups excluding carboxylic acids is 4. The van der Waals surface area contributed by atoms with E-state index in [1.807, 2.05) is 5.32 Å². The third-order valence-electron chi connectivity index (χ3n) is 5.22. The Kier molecular flexibility index (Phi) is 11.4. The first kappa shape index (κ1) is 34.2. The van der Waals surface area contributed by atoms with Crippen LogP contribution in [-0.4, -0.2) is 28.9 Å². The summed E-state index contributed by atoms with van der Waals surface area (Å²) in [5.74, 6) is -4.67. The van der Waals surface area contributed by atoms with Gasteiger partial charge in [-0.3, -0.25) is 20.2 Å². The predicted octanol–water partition coefficient (Wildman–Crippen LogP) is 6.93. The molecule has 10 nitrogen and oxygen atoms in total. The van der Waals surface area contributed by atoms with Crippen molar-refractivity contribution in [1.29, 1.82) is 0 Å². The van der Waals surface area contributed by atoms with E-state index in [1.54, 1.807) is 35.6 Å². The number of carbonyl (C=O) groups is 4. The Labute approximate surface area is 260 Å². The zero-order chi connectivity index (χ0) is 33.3. The molecule has 5 N–H and O–H groups in total. The highest BCUT2D eigenvalue weighted by molar-refractivity contribution is 6.33. The van der Waals surface area contributed by atoms with Gasteiger partial charge in [0.2, 0.25) is 5.88 Å². The maximum absolute atomic E-state index is 13.7. The molecule has 3 aromatic carbocycles. The van der Waals surface area contributed by atoms with Crippen molar-refractivity contribution in [2.75, 3.05) is 5.32 Å². The summed E-state index contributed by atoms with van der Waals surface area (Å²) in [6.45, 7) is 0. The van der Waals surface area contributed by atoms with E-state index in [0.29, 0.717) is 17.8 Å². The summed E-state index contributed by atoms with van der Waals surface area (Å²) in [5, 5.41) is 5.48. The molecule has 4 aromatic rings. The normalized spacial score (nSPS) is 10.6. The zero-order valence-corrected chi connectivity index (χ0v) is 23.7. The van der Waals surface area contributed by atoms with E-state index >= 15 is 0 Å². The van der Waals surface area contributed by atoms with E-state index in [1.165, 1.54) is 12.1 Å². The Morgan fingerprint density at radius 1 is 0.800 bits per heavy atom. The fourth-order valence-corrected chi connectivity index (χ4v) is 3.60. The van der Waals surface area contributed by atoms with Crippen molar-refractivity contribution in [3.8, 4) is 11.6 Å². The molecular formula is C28H18Cl2F5N5O5. The molecule has 0 fully saturated rings. The van der Waals surface area contributed by atoms with Crippen LogP contribution in [0, 0.1) is 11.6 Å². The molecule has 6 amide bonds. The molecule has 0 radical (unpaired) electrons. The number of aromatic nitrogens is 1. The summed E-state index contributed by atoms with van der Waals surface area (Å²) in [5.41, 5.74) is 3.15. The molecule has 0 saturated heterocycles. The molecule has 4 rings (SSSR count). The summed E-state index contributed by atoms with van der Waals surface area (Å²) in [6, 6.07) is 13.5. The monoisotopic (exact) mass is 669 g/mol. The number of halogens is 7.